The summed E-state index contributed by atoms with van der Waals surface area (Å²) in [5, 5.41) is 0. The van der Waals surface area contributed by atoms with Crippen molar-refractivity contribution in [2.45, 2.75) is 158 Å². The minimum atomic E-state index is 1.10. The van der Waals surface area contributed by atoms with E-state index in [1.54, 1.807) is 51.4 Å². The molecular weight excluding hydrogens is 374 g/mol. The molecule has 0 N–H and O–H groups in total. The van der Waals surface area contributed by atoms with Crippen LogP contribution in [0.25, 0.3) is 0 Å². The predicted molar refractivity (Wildman–Crippen MR) is 133 cm³/mol. The Kier molecular flexibility index (Phi) is 11.8. The minimum Gasteiger partial charge on any atom is -0.116 e. The van der Waals surface area contributed by atoms with Crippen LogP contribution in [0, 0.1) is 5.92 Å². The second-order valence-corrected chi connectivity index (χ2v) is 14.3. The molecule has 0 bridgehead atoms. The van der Waals surface area contributed by atoms with E-state index in [0.717, 1.165) is 28.6 Å². The van der Waals surface area contributed by atoms with Crippen LogP contribution in [-0.2, 0) is 0 Å². The first-order valence-corrected chi connectivity index (χ1v) is 15.7. The third kappa shape index (κ3) is 8.54. The summed E-state index contributed by atoms with van der Waals surface area (Å²) in [4.78, 5) is 0. The van der Waals surface area contributed by atoms with E-state index in [0.29, 0.717) is 0 Å². The Labute approximate surface area is 181 Å². The first kappa shape index (κ1) is 23.5. The molecule has 0 radical (unpaired) electrons. The summed E-state index contributed by atoms with van der Waals surface area (Å²) in [6.07, 6.45) is 30.7. The second kappa shape index (κ2) is 14.0. The van der Waals surface area contributed by atoms with Gasteiger partial charge in [0, 0.05) is 0 Å². The molecule has 0 aromatic carbocycles. The van der Waals surface area contributed by atoms with Crippen molar-refractivity contribution in [3.8, 4) is 0 Å². The highest BCUT2D eigenvalue weighted by Gasteiger charge is 2.26. The molecule has 3 atom stereocenters. The maximum atomic E-state index is 2.41. The van der Waals surface area contributed by atoms with Crippen LogP contribution in [0.15, 0.2) is 0 Å². The first-order valence-electron chi connectivity index (χ1n) is 13.4. The van der Waals surface area contributed by atoms with Gasteiger partial charge in [0.25, 0.3) is 0 Å². The van der Waals surface area contributed by atoms with Gasteiger partial charge in [0.2, 0.25) is 0 Å². The molecule has 0 nitrogen and oxygen atoms in total. The molecule has 4 fully saturated rings. The lowest BCUT2D eigenvalue weighted by molar-refractivity contribution is 0.356. The molecule has 0 aromatic rings. The lowest BCUT2D eigenvalue weighted by atomic mass is 9.87. The third-order valence-electron chi connectivity index (χ3n) is 8.17. The topological polar surface area (TPSA) is 0 Å². The zero-order chi connectivity index (χ0) is 19.4. The van der Waals surface area contributed by atoms with E-state index in [2.05, 4.69) is 6.92 Å². The fourth-order valence-electron chi connectivity index (χ4n) is 6.36. The van der Waals surface area contributed by atoms with Crippen molar-refractivity contribution in [2.75, 3.05) is 0 Å². The van der Waals surface area contributed by atoms with Crippen molar-refractivity contribution < 1.29 is 0 Å². The molecule has 0 aliphatic heterocycles. The molecule has 2 heteroatoms. The predicted octanol–water partition coefficient (Wildman–Crippen LogP) is 9.30. The minimum absolute atomic E-state index is 1.10. The van der Waals surface area contributed by atoms with Crippen molar-refractivity contribution in [2.24, 2.45) is 5.92 Å². The van der Waals surface area contributed by atoms with Crippen molar-refractivity contribution in [1.82, 2.24) is 0 Å². The lowest BCUT2D eigenvalue weighted by Crippen LogP contribution is -2.23. The largest absolute Gasteiger partial charge is 0.116 e. The Balaban J connectivity index is 0.000000162. The van der Waals surface area contributed by atoms with E-state index in [-0.39, 0.29) is 0 Å². The van der Waals surface area contributed by atoms with Crippen LogP contribution < -0.4 is 0 Å². The molecule has 4 aliphatic rings. The van der Waals surface area contributed by atoms with Gasteiger partial charge in [-0.25, -0.2) is 0 Å². The van der Waals surface area contributed by atoms with Crippen molar-refractivity contribution in [3.05, 3.63) is 0 Å². The van der Waals surface area contributed by atoms with E-state index >= 15 is 0 Å². The van der Waals surface area contributed by atoms with Gasteiger partial charge in [0.05, 0.1) is 0 Å². The van der Waals surface area contributed by atoms with E-state index in [9.17, 15) is 0 Å². The van der Waals surface area contributed by atoms with Crippen LogP contribution in [0.4, 0.5) is 0 Å². The van der Waals surface area contributed by atoms with Gasteiger partial charge in [-0.15, -0.1) is 17.2 Å². The summed E-state index contributed by atoms with van der Waals surface area (Å²) in [5.41, 5.74) is 4.57. The smallest absolute Gasteiger partial charge is 0.0206 e. The van der Waals surface area contributed by atoms with Crippen LogP contribution in [0.2, 0.25) is 0 Å². The van der Waals surface area contributed by atoms with E-state index < -0.39 is 0 Å². The van der Waals surface area contributed by atoms with Crippen molar-refractivity contribution >= 4 is 17.2 Å². The number of hydrogen-bond donors (Lipinski definition) is 0. The average Bonchev–Trinajstić information content (AvgIpc) is 2.77. The van der Waals surface area contributed by atoms with Gasteiger partial charge >= 0.3 is 0 Å². The molecule has 0 amide bonds. The monoisotopic (exact) mass is 424 g/mol. The van der Waals surface area contributed by atoms with Crippen LogP contribution in [0.3, 0.4) is 0 Å². The fraction of sp³-hybridized carbons (Fsp3) is 1.00. The standard InChI is InChI=1S/C14H27P.C12H23P/c1-2-12-8-6-7-11-14(12)15-13-9-4-3-5-10-13;1-3-7-11(8-4-1)13-12-9-5-2-6-10-12/h12-15H,2-11H2,1H3;11-13H,1-10H2. The Morgan fingerprint density at radius 2 is 0.857 bits per heavy atom. The molecule has 4 rings (SSSR count). The zero-order valence-electron chi connectivity index (χ0n) is 19.0. The van der Waals surface area contributed by atoms with Gasteiger partial charge in [-0.05, 0) is 79.9 Å². The molecule has 0 spiro atoms. The highest BCUT2D eigenvalue weighted by atomic mass is 31.1. The SMILES string of the molecule is C1CCC(PC2CCCCC2)CC1.CCC1CCCCC1PC1CCCCC1. The summed E-state index contributed by atoms with van der Waals surface area (Å²) in [7, 11) is 2.65. The number of hydrogen-bond acceptors (Lipinski definition) is 0. The highest BCUT2D eigenvalue weighted by molar-refractivity contribution is 7.40. The molecule has 3 unspecified atom stereocenters. The van der Waals surface area contributed by atoms with Crippen LogP contribution in [0.5, 0.6) is 0 Å². The fourth-order valence-corrected chi connectivity index (χ4v) is 10.9. The summed E-state index contributed by atoms with van der Waals surface area (Å²) in [5.74, 6) is 1.10. The normalized spacial score (nSPS) is 31.6. The molecule has 0 saturated heterocycles. The second-order valence-electron chi connectivity index (χ2n) is 10.4. The Bertz CT molecular complexity index is 362. The Morgan fingerprint density at radius 3 is 1.32 bits per heavy atom. The van der Waals surface area contributed by atoms with Gasteiger partial charge in [0.1, 0.15) is 0 Å². The molecule has 4 aliphatic carbocycles. The molecule has 164 valence electrons. The maximum Gasteiger partial charge on any atom is -0.0206 e. The maximum absolute atomic E-state index is 2.41. The van der Waals surface area contributed by atoms with Crippen LogP contribution in [-0.4, -0.2) is 22.6 Å². The van der Waals surface area contributed by atoms with E-state index in [1.807, 2.05) is 0 Å². The van der Waals surface area contributed by atoms with Crippen LogP contribution >= 0.6 is 17.2 Å². The summed E-state index contributed by atoms with van der Waals surface area (Å²) in [6, 6.07) is 0. The molecule has 28 heavy (non-hydrogen) atoms. The number of rotatable bonds is 5. The zero-order valence-corrected chi connectivity index (χ0v) is 21.0. The lowest BCUT2D eigenvalue weighted by Gasteiger charge is -2.34. The van der Waals surface area contributed by atoms with Gasteiger partial charge in [-0.2, -0.15) is 0 Å². The molecule has 0 aromatic heterocycles. The molecule has 4 saturated carbocycles. The van der Waals surface area contributed by atoms with E-state index in [4.69, 9.17) is 0 Å². The Morgan fingerprint density at radius 1 is 0.464 bits per heavy atom. The van der Waals surface area contributed by atoms with Crippen molar-refractivity contribution in [1.29, 1.82) is 0 Å². The van der Waals surface area contributed by atoms with Gasteiger partial charge in [-0.3, -0.25) is 0 Å². The summed E-state index contributed by atoms with van der Waals surface area (Å²) in [6.45, 7) is 2.41. The van der Waals surface area contributed by atoms with E-state index in [1.165, 1.54) is 94.2 Å². The van der Waals surface area contributed by atoms with Gasteiger partial charge in [0.15, 0.2) is 0 Å². The highest BCUT2D eigenvalue weighted by Crippen LogP contribution is 2.45. The Hall–Kier alpha value is 0.860. The van der Waals surface area contributed by atoms with Crippen LogP contribution in [0.1, 0.15) is 135 Å². The van der Waals surface area contributed by atoms with Gasteiger partial charge < -0.3 is 0 Å². The summed E-state index contributed by atoms with van der Waals surface area (Å²) < 4.78 is 0. The quantitative estimate of drug-likeness (QED) is 0.386. The van der Waals surface area contributed by atoms with Gasteiger partial charge in [-0.1, -0.05) is 84.0 Å². The third-order valence-corrected chi connectivity index (χ3v) is 12.5. The summed E-state index contributed by atoms with van der Waals surface area (Å²) >= 11 is 0. The average molecular weight is 425 g/mol. The molecular formula is C26H50P2. The van der Waals surface area contributed by atoms with Crippen molar-refractivity contribution in [3.63, 3.8) is 0 Å². The molecule has 0 heterocycles. The first-order chi connectivity index (χ1) is 13.8.